The van der Waals surface area contributed by atoms with Crippen molar-refractivity contribution in [2.45, 2.75) is 38.8 Å². The molecule has 0 radical (unpaired) electrons. The molecule has 0 atom stereocenters. The fourth-order valence-electron chi connectivity index (χ4n) is 1.69. The van der Waals surface area contributed by atoms with Crippen LogP contribution in [0.15, 0.2) is 24.3 Å². The molecule has 0 aliphatic rings. The summed E-state index contributed by atoms with van der Waals surface area (Å²) in [5, 5.41) is 0. The van der Waals surface area contributed by atoms with Crippen molar-refractivity contribution in [3.63, 3.8) is 0 Å². The molecule has 0 aromatic heterocycles. The summed E-state index contributed by atoms with van der Waals surface area (Å²) in [5.41, 5.74) is 0.208. The highest BCUT2D eigenvalue weighted by molar-refractivity contribution is 5.69. The average molecular weight is 274 g/mol. The lowest BCUT2D eigenvalue weighted by molar-refractivity contribution is -0.143. The first-order chi connectivity index (χ1) is 8.93. The SMILES string of the molecule is CCOC(=O)CCCCc1ccc(C(F)(F)F)cc1. The number of hydrogen-bond donors (Lipinski definition) is 0. The smallest absolute Gasteiger partial charge is 0.416 e. The number of halogens is 3. The molecule has 106 valence electrons. The van der Waals surface area contributed by atoms with Crippen LogP contribution in [0.5, 0.6) is 0 Å². The molecular weight excluding hydrogens is 257 g/mol. The summed E-state index contributed by atoms with van der Waals surface area (Å²) in [6.07, 6.45) is -1.83. The molecule has 19 heavy (non-hydrogen) atoms. The molecule has 0 saturated heterocycles. The molecule has 0 saturated carbocycles. The van der Waals surface area contributed by atoms with Gasteiger partial charge in [0.25, 0.3) is 0 Å². The van der Waals surface area contributed by atoms with Gasteiger partial charge < -0.3 is 4.74 Å². The molecule has 0 heterocycles. The quantitative estimate of drug-likeness (QED) is 0.579. The Morgan fingerprint density at radius 3 is 2.32 bits per heavy atom. The lowest BCUT2D eigenvalue weighted by Gasteiger charge is -2.07. The highest BCUT2D eigenvalue weighted by Crippen LogP contribution is 2.29. The molecule has 1 aromatic rings. The minimum atomic E-state index is -4.29. The minimum Gasteiger partial charge on any atom is -0.466 e. The lowest BCUT2D eigenvalue weighted by Crippen LogP contribution is -2.05. The highest BCUT2D eigenvalue weighted by atomic mass is 19.4. The lowest BCUT2D eigenvalue weighted by atomic mass is 10.1. The van der Waals surface area contributed by atoms with Crippen LogP contribution in [0.1, 0.15) is 37.3 Å². The van der Waals surface area contributed by atoms with Crippen molar-refractivity contribution in [3.05, 3.63) is 35.4 Å². The van der Waals surface area contributed by atoms with Crippen LogP contribution in [-0.2, 0) is 22.1 Å². The van der Waals surface area contributed by atoms with E-state index in [0.717, 1.165) is 24.1 Å². The molecule has 0 N–H and O–H groups in total. The normalized spacial score (nSPS) is 11.4. The van der Waals surface area contributed by atoms with Crippen molar-refractivity contribution in [1.29, 1.82) is 0 Å². The van der Waals surface area contributed by atoms with Gasteiger partial charge in [-0.25, -0.2) is 0 Å². The van der Waals surface area contributed by atoms with E-state index in [9.17, 15) is 18.0 Å². The van der Waals surface area contributed by atoms with Crippen LogP contribution in [0.25, 0.3) is 0 Å². The van der Waals surface area contributed by atoms with E-state index in [1.54, 1.807) is 6.92 Å². The largest absolute Gasteiger partial charge is 0.466 e. The Morgan fingerprint density at radius 2 is 1.79 bits per heavy atom. The van der Waals surface area contributed by atoms with Crippen molar-refractivity contribution < 1.29 is 22.7 Å². The number of benzene rings is 1. The van der Waals surface area contributed by atoms with Gasteiger partial charge in [-0.2, -0.15) is 13.2 Å². The standard InChI is InChI=1S/C14H17F3O2/c1-2-19-13(18)6-4-3-5-11-7-9-12(10-8-11)14(15,16)17/h7-10H,2-6H2,1H3. The highest BCUT2D eigenvalue weighted by Gasteiger charge is 2.29. The maximum Gasteiger partial charge on any atom is 0.416 e. The number of alkyl halides is 3. The Hall–Kier alpha value is -1.52. The summed E-state index contributed by atoms with van der Waals surface area (Å²) in [6, 6.07) is 5.13. The molecule has 0 amide bonds. The average Bonchev–Trinajstić information content (AvgIpc) is 2.34. The Bertz CT molecular complexity index is 396. The Morgan fingerprint density at radius 1 is 1.16 bits per heavy atom. The zero-order valence-electron chi connectivity index (χ0n) is 10.8. The van der Waals surface area contributed by atoms with Crippen molar-refractivity contribution in [3.8, 4) is 0 Å². The molecule has 0 spiro atoms. The molecule has 0 fully saturated rings. The Balaban J connectivity index is 2.33. The van der Waals surface area contributed by atoms with Gasteiger partial charge in [0.05, 0.1) is 12.2 Å². The van der Waals surface area contributed by atoms with Gasteiger partial charge in [0.1, 0.15) is 0 Å². The van der Waals surface area contributed by atoms with Gasteiger partial charge in [0.2, 0.25) is 0 Å². The molecule has 0 unspecified atom stereocenters. The van der Waals surface area contributed by atoms with Crippen LogP contribution in [0.3, 0.4) is 0 Å². The summed E-state index contributed by atoms with van der Waals surface area (Å²) < 4.78 is 41.8. The molecule has 1 rings (SSSR count). The van der Waals surface area contributed by atoms with Gasteiger partial charge in [-0.3, -0.25) is 4.79 Å². The number of hydrogen-bond acceptors (Lipinski definition) is 2. The fourth-order valence-corrected chi connectivity index (χ4v) is 1.69. The number of rotatable bonds is 6. The molecule has 1 aromatic carbocycles. The third-order valence-corrected chi connectivity index (χ3v) is 2.68. The van der Waals surface area contributed by atoms with Crippen LogP contribution < -0.4 is 0 Å². The number of esters is 1. The number of ether oxygens (including phenoxy) is 1. The van der Waals surface area contributed by atoms with Crippen LogP contribution in [0.2, 0.25) is 0 Å². The predicted molar refractivity (Wildman–Crippen MR) is 65.6 cm³/mol. The zero-order chi connectivity index (χ0) is 14.3. The topological polar surface area (TPSA) is 26.3 Å². The second kappa shape index (κ2) is 7.16. The number of aryl methyl sites for hydroxylation is 1. The molecule has 2 nitrogen and oxygen atoms in total. The number of carbonyl (C=O) groups is 1. The molecule has 5 heteroatoms. The van der Waals surface area contributed by atoms with E-state index >= 15 is 0 Å². The third-order valence-electron chi connectivity index (χ3n) is 2.68. The predicted octanol–water partition coefficient (Wildman–Crippen LogP) is 3.98. The van der Waals surface area contributed by atoms with Crippen LogP contribution in [0.4, 0.5) is 13.2 Å². The van der Waals surface area contributed by atoms with Gasteiger partial charge in [0, 0.05) is 6.42 Å². The molecule has 0 bridgehead atoms. The van der Waals surface area contributed by atoms with Gasteiger partial charge in [-0.1, -0.05) is 12.1 Å². The zero-order valence-corrected chi connectivity index (χ0v) is 10.8. The molecule has 0 aliphatic heterocycles. The summed E-state index contributed by atoms with van der Waals surface area (Å²) in [4.78, 5) is 11.1. The first-order valence-electron chi connectivity index (χ1n) is 6.25. The first kappa shape index (κ1) is 15.5. The van der Waals surface area contributed by atoms with E-state index in [1.165, 1.54) is 12.1 Å². The van der Waals surface area contributed by atoms with Gasteiger partial charge in [0.15, 0.2) is 0 Å². The van der Waals surface area contributed by atoms with Crippen molar-refractivity contribution in [2.75, 3.05) is 6.61 Å². The molecular formula is C14H17F3O2. The minimum absolute atomic E-state index is 0.227. The van der Waals surface area contributed by atoms with Crippen LogP contribution >= 0.6 is 0 Å². The van der Waals surface area contributed by atoms with Crippen LogP contribution in [-0.4, -0.2) is 12.6 Å². The van der Waals surface area contributed by atoms with E-state index in [4.69, 9.17) is 4.74 Å². The summed E-state index contributed by atoms with van der Waals surface area (Å²) >= 11 is 0. The van der Waals surface area contributed by atoms with Crippen molar-refractivity contribution in [2.24, 2.45) is 0 Å². The first-order valence-corrected chi connectivity index (χ1v) is 6.25. The van der Waals surface area contributed by atoms with Crippen molar-refractivity contribution in [1.82, 2.24) is 0 Å². The van der Waals surface area contributed by atoms with E-state index in [1.807, 2.05) is 0 Å². The number of carbonyl (C=O) groups excluding carboxylic acids is 1. The molecule has 0 aliphatic carbocycles. The fraction of sp³-hybridized carbons (Fsp3) is 0.500. The summed E-state index contributed by atoms with van der Waals surface area (Å²) in [5.74, 6) is -0.227. The van der Waals surface area contributed by atoms with Crippen LogP contribution in [0, 0.1) is 0 Å². The summed E-state index contributed by atoms with van der Waals surface area (Å²) in [6.45, 7) is 2.12. The van der Waals surface area contributed by atoms with Crippen molar-refractivity contribution >= 4 is 5.97 Å². The van der Waals surface area contributed by atoms with E-state index in [0.29, 0.717) is 25.9 Å². The second-order valence-corrected chi connectivity index (χ2v) is 4.21. The van der Waals surface area contributed by atoms with Gasteiger partial charge in [-0.05, 0) is 43.9 Å². The van der Waals surface area contributed by atoms with E-state index < -0.39 is 11.7 Å². The van der Waals surface area contributed by atoms with E-state index in [-0.39, 0.29) is 5.97 Å². The Kier molecular flexibility index (Phi) is 5.86. The Labute approximate surface area is 110 Å². The van der Waals surface area contributed by atoms with E-state index in [2.05, 4.69) is 0 Å². The van der Waals surface area contributed by atoms with Gasteiger partial charge >= 0.3 is 12.1 Å². The summed E-state index contributed by atoms with van der Waals surface area (Å²) in [7, 11) is 0. The maximum atomic E-state index is 12.3. The number of unbranched alkanes of at least 4 members (excludes halogenated alkanes) is 1. The second-order valence-electron chi connectivity index (χ2n) is 4.21. The maximum absolute atomic E-state index is 12.3. The third kappa shape index (κ3) is 5.77. The monoisotopic (exact) mass is 274 g/mol. The van der Waals surface area contributed by atoms with Gasteiger partial charge in [-0.15, -0.1) is 0 Å².